The van der Waals surface area contributed by atoms with Crippen molar-refractivity contribution in [3.05, 3.63) is 59.6 Å². The first kappa shape index (κ1) is 33.7. The van der Waals surface area contributed by atoms with E-state index in [0.717, 1.165) is 40.2 Å². The molecule has 2 amide bonds. The summed E-state index contributed by atoms with van der Waals surface area (Å²) in [6, 6.07) is 8.29. The first-order valence-electron chi connectivity index (χ1n) is 13.6. The van der Waals surface area contributed by atoms with Crippen LogP contribution in [-0.2, 0) is 19.0 Å². The van der Waals surface area contributed by atoms with E-state index in [0.29, 0.717) is 17.4 Å². The first-order valence-corrected chi connectivity index (χ1v) is 15.0. The van der Waals surface area contributed by atoms with Crippen LogP contribution in [0.15, 0.2) is 48.5 Å². The van der Waals surface area contributed by atoms with Crippen molar-refractivity contribution < 1.29 is 45.2 Å². The molecule has 0 aliphatic carbocycles. The zero-order valence-electron chi connectivity index (χ0n) is 24.8. The minimum atomic E-state index is -5.85. The maximum atomic E-state index is 12.7. The summed E-state index contributed by atoms with van der Waals surface area (Å²) in [6.45, 7) is 12.1. The van der Waals surface area contributed by atoms with Crippen molar-refractivity contribution in [1.29, 1.82) is 0 Å². The van der Waals surface area contributed by atoms with E-state index in [-0.39, 0.29) is 25.0 Å². The second kappa shape index (κ2) is 12.8. The van der Waals surface area contributed by atoms with Crippen LogP contribution in [0.1, 0.15) is 58.6 Å². The number of rotatable bonds is 3. The maximum absolute atomic E-state index is 12.7. The summed E-state index contributed by atoms with van der Waals surface area (Å²) in [4.78, 5) is 30.2. The second-order valence-electron chi connectivity index (χ2n) is 11.7. The number of allylic oxidation sites excluding steroid dienone is 2. The summed E-state index contributed by atoms with van der Waals surface area (Å²) < 4.78 is 67.2. The summed E-state index contributed by atoms with van der Waals surface area (Å²) in [5, 5.41) is 9.86. The Kier molecular flexibility index (Phi) is 10.0. The Bertz CT molecular complexity index is 1530. The van der Waals surface area contributed by atoms with Gasteiger partial charge in [-0.05, 0) is 76.1 Å². The number of nitrogens with zero attached hydrogens (tertiary/aromatic N) is 3. The van der Waals surface area contributed by atoms with Gasteiger partial charge in [0.2, 0.25) is 5.88 Å². The van der Waals surface area contributed by atoms with Crippen molar-refractivity contribution in [1.82, 2.24) is 14.8 Å². The third-order valence-electron chi connectivity index (χ3n) is 6.39. The number of alkyl halides is 3. The van der Waals surface area contributed by atoms with Crippen molar-refractivity contribution in [2.24, 2.45) is 11.8 Å². The molecule has 1 N–H and O–H groups in total. The van der Waals surface area contributed by atoms with Crippen LogP contribution < -0.4 is 0 Å². The van der Waals surface area contributed by atoms with Crippen LogP contribution in [-0.4, -0.2) is 64.7 Å². The van der Waals surface area contributed by atoms with Crippen molar-refractivity contribution in [2.45, 2.75) is 65.5 Å². The fourth-order valence-corrected chi connectivity index (χ4v) is 4.84. The van der Waals surface area contributed by atoms with E-state index in [1.165, 1.54) is 0 Å². The zero-order valence-corrected chi connectivity index (χ0v) is 25.6. The van der Waals surface area contributed by atoms with Crippen molar-refractivity contribution in [3.8, 4) is 0 Å². The van der Waals surface area contributed by atoms with Crippen LogP contribution in [0, 0.1) is 18.8 Å². The first-order chi connectivity index (χ1) is 19.8. The zero-order chi connectivity index (χ0) is 32.3. The molecule has 2 aliphatic rings. The highest BCUT2D eigenvalue weighted by molar-refractivity contribution is 7.87. The molecule has 0 saturated heterocycles. The van der Waals surface area contributed by atoms with Crippen LogP contribution >= 0.6 is 0 Å². The van der Waals surface area contributed by atoms with Crippen LogP contribution in [0.3, 0.4) is 0 Å². The molecule has 1 aromatic carbocycles. The van der Waals surface area contributed by atoms with Gasteiger partial charge in [0.1, 0.15) is 5.60 Å². The molecule has 2 atom stereocenters. The molecule has 10 nitrogen and oxygen atoms in total. The fourth-order valence-electron chi connectivity index (χ4n) is 4.36. The number of amides is 2. The van der Waals surface area contributed by atoms with Gasteiger partial charge in [-0.15, -0.1) is 0 Å². The van der Waals surface area contributed by atoms with Gasteiger partial charge in [0.05, 0.1) is 11.2 Å². The van der Waals surface area contributed by atoms with E-state index in [2.05, 4.69) is 40.4 Å². The Morgan fingerprint density at radius 2 is 1.60 bits per heavy atom. The molecule has 0 fully saturated rings. The van der Waals surface area contributed by atoms with Gasteiger partial charge < -0.3 is 14.0 Å². The normalized spacial score (nSPS) is 19.6. The van der Waals surface area contributed by atoms with Crippen molar-refractivity contribution >= 4 is 38.9 Å². The van der Waals surface area contributed by atoms with Crippen molar-refractivity contribution in [2.75, 3.05) is 13.1 Å². The number of benzene rings is 1. The number of carbonyl (C=O) groups excluding carboxylic acids is 1. The summed E-state index contributed by atoms with van der Waals surface area (Å²) in [6.07, 6.45) is 4.32. The number of aryl methyl sites for hydroxylation is 1. The molecule has 2 aromatic rings. The van der Waals surface area contributed by atoms with Crippen LogP contribution in [0.2, 0.25) is 0 Å². The van der Waals surface area contributed by atoms with Gasteiger partial charge in [0, 0.05) is 30.2 Å². The number of halogens is 3. The minimum Gasteiger partial charge on any atom is -0.465 e. The molecular formula is C29H36F3N3O7S. The Morgan fingerprint density at radius 1 is 1.00 bits per heavy atom. The molecule has 0 spiro atoms. The van der Waals surface area contributed by atoms with Gasteiger partial charge >= 0.3 is 27.8 Å². The van der Waals surface area contributed by atoms with Gasteiger partial charge in [-0.1, -0.05) is 32.1 Å². The summed E-state index contributed by atoms with van der Waals surface area (Å²) in [7, 11) is -5.85. The van der Waals surface area contributed by atoms with Gasteiger partial charge in [-0.2, -0.15) is 21.6 Å². The molecule has 236 valence electrons. The third-order valence-corrected chi connectivity index (χ3v) is 7.35. The lowest BCUT2D eigenvalue weighted by Crippen LogP contribution is -2.39. The molecule has 3 heterocycles. The SMILES string of the molecule is C[C@H]1CC=C(OS(=O)(=O)C(F)(F)F)N(C(=O)O)C1.Cc1cnc2cc(C3=CC[C@H](C)CN3C(=O)OC(C)(C)C)ccc2c1. The Balaban J connectivity index is 0.000000250. The average molecular weight is 628 g/mol. The Labute approximate surface area is 248 Å². The number of hydrogen-bond donors (Lipinski definition) is 1. The van der Waals surface area contributed by atoms with Crippen LogP contribution in [0.25, 0.3) is 16.6 Å². The van der Waals surface area contributed by atoms with Gasteiger partial charge in [0.25, 0.3) is 0 Å². The van der Waals surface area contributed by atoms with Crippen LogP contribution in [0.4, 0.5) is 22.8 Å². The number of carbonyl (C=O) groups is 2. The summed E-state index contributed by atoms with van der Waals surface area (Å²) in [5.41, 5.74) is -2.11. The lowest BCUT2D eigenvalue weighted by Gasteiger charge is -2.34. The predicted molar refractivity (Wildman–Crippen MR) is 154 cm³/mol. The second-order valence-corrected chi connectivity index (χ2v) is 13.2. The number of aromatic nitrogens is 1. The quantitative estimate of drug-likeness (QED) is 0.289. The largest absolute Gasteiger partial charge is 0.534 e. The van der Waals surface area contributed by atoms with Gasteiger partial charge in [0.15, 0.2) is 0 Å². The fraction of sp³-hybridized carbons (Fsp3) is 0.483. The maximum Gasteiger partial charge on any atom is 0.534 e. The average Bonchev–Trinajstić information content (AvgIpc) is 2.88. The molecule has 0 bridgehead atoms. The van der Waals surface area contributed by atoms with E-state index in [4.69, 9.17) is 9.84 Å². The monoisotopic (exact) mass is 627 g/mol. The number of hydrogen-bond acceptors (Lipinski definition) is 7. The predicted octanol–water partition coefficient (Wildman–Crippen LogP) is 6.87. The molecule has 1 aromatic heterocycles. The molecule has 43 heavy (non-hydrogen) atoms. The van der Waals surface area contributed by atoms with E-state index in [1.807, 2.05) is 40.0 Å². The van der Waals surface area contributed by atoms with Crippen molar-refractivity contribution in [3.63, 3.8) is 0 Å². The number of ether oxygens (including phenoxy) is 1. The van der Waals surface area contributed by atoms with E-state index in [9.17, 15) is 31.2 Å². The lowest BCUT2D eigenvalue weighted by atomic mass is 9.97. The van der Waals surface area contributed by atoms with Gasteiger partial charge in [-0.25, -0.2) is 14.5 Å². The molecule has 14 heteroatoms. The van der Waals surface area contributed by atoms with E-state index in [1.54, 1.807) is 11.8 Å². The summed E-state index contributed by atoms with van der Waals surface area (Å²) in [5.74, 6) is -0.558. The minimum absolute atomic E-state index is 0.130. The lowest BCUT2D eigenvalue weighted by molar-refractivity contribution is -0.0539. The topological polar surface area (TPSA) is 126 Å². The molecule has 0 radical (unpaired) electrons. The number of carboxylic acid groups (broad SMARTS) is 1. The Hall–Kier alpha value is -3.81. The third kappa shape index (κ3) is 8.85. The summed E-state index contributed by atoms with van der Waals surface area (Å²) >= 11 is 0. The number of pyridine rings is 1. The highest BCUT2D eigenvalue weighted by Crippen LogP contribution is 2.32. The molecule has 2 aliphatic heterocycles. The highest BCUT2D eigenvalue weighted by Gasteiger charge is 2.50. The molecule has 4 rings (SSSR count). The van der Waals surface area contributed by atoms with Crippen LogP contribution in [0.5, 0.6) is 0 Å². The Morgan fingerprint density at radius 3 is 2.19 bits per heavy atom. The van der Waals surface area contributed by atoms with E-state index < -0.39 is 33.2 Å². The highest BCUT2D eigenvalue weighted by atomic mass is 32.2. The molecular weight excluding hydrogens is 591 g/mol. The molecule has 0 unspecified atom stereocenters. The standard InChI is InChI=1S/C21H26N2O2.C8H10F3NO5S/c1-14-6-9-19(23(13-14)20(24)25-21(3,4)5)17-8-7-16-10-15(2)12-22-18(16)11-17;1-5-2-3-6(12(4-5)7(13)14)17-18(15,16)8(9,10)11/h7-12,14H,6,13H2,1-5H3;3,5H,2,4H2,1H3,(H,13,14)/t14-;5-/m00/s1. The van der Waals surface area contributed by atoms with Gasteiger partial charge in [-0.3, -0.25) is 9.88 Å². The molecule has 0 saturated carbocycles. The smallest absolute Gasteiger partial charge is 0.465 e. The number of fused-ring (bicyclic) bond motifs is 1. The van der Waals surface area contributed by atoms with E-state index >= 15 is 0 Å².